The molecule has 0 unspecified atom stereocenters. The Bertz CT molecular complexity index is 874. The maximum atomic E-state index is 13.0. The third-order valence-corrected chi connectivity index (χ3v) is 4.77. The van der Waals surface area contributed by atoms with E-state index in [9.17, 15) is 9.59 Å². The lowest BCUT2D eigenvalue weighted by Crippen LogP contribution is -2.35. The molecular weight excluding hydrogens is 364 g/mol. The number of carbonyl (C=O) groups excluding carboxylic acids is 1. The number of halogens is 1. The third kappa shape index (κ3) is 5.13. The summed E-state index contributed by atoms with van der Waals surface area (Å²) in [5, 5.41) is 0.568. The molecule has 1 aromatic carbocycles. The van der Waals surface area contributed by atoms with Crippen LogP contribution < -0.4 is 10.3 Å². The van der Waals surface area contributed by atoms with E-state index in [1.54, 1.807) is 50.0 Å². The van der Waals surface area contributed by atoms with Crippen LogP contribution in [0, 0.1) is 12.8 Å². The van der Waals surface area contributed by atoms with Crippen molar-refractivity contribution in [2.24, 2.45) is 5.92 Å². The van der Waals surface area contributed by atoms with Crippen molar-refractivity contribution in [3.63, 3.8) is 0 Å². The fourth-order valence-electron chi connectivity index (χ4n) is 2.89. The summed E-state index contributed by atoms with van der Waals surface area (Å²) in [6.45, 7) is 6.90. The number of aryl methyl sites for hydroxylation is 2. The molecule has 6 heteroatoms. The number of aromatic nitrogens is 1. The van der Waals surface area contributed by atoms with Crippen LogP contribution in [0.2, 0.25) is 5.02 Å². The zero-order valence-electron chi connectivity index (χ0n) is 16.6. The van der Waals surface area contributed by atoms with Crippen molar-refractivity contribution in [3.05, 3.63) is 62.5 Å². The quantitative estimate of drug-likeness (QED) is 0.714. The number of methoxy groups -OCH3 is 1. The Morgan fingerprint density at radius 3 is 2.63 bits per heavy atom. The van der Waals surface area contributed by atoms with E-state index in [0.29, 0.717) is 35.3 Å². The second-order valence-corrected chi connectivity index (χ2v) is 7.61. The third-order valence-electron chi connectivity index (χ3n) is 4.53. The van der Waals surface area contributed by atoms with Crippen LogP contribution in [0.1, 0.15) is 41.8 Å². The van der Waals surface area contributed by atoms with Gasteiger partial charge in [-0.2, -0.15) is 0 Å². The number of ether oxygens (including phenoxy) is 1. The van der Waals surface area contributed by atoms with Gasteiger partial charge in [-0.25, -0.2) is 0 Å². The first-order valence-corrected chi connectivity index (χ1v) is 9.40. The van der Waals surface area contributed by atoms with Gasteiger partial charge in [-0.15, -0.1) is 0 Å². The highest BCUT2D eigenvalue weighted by molar-refractivity contribution is 6.30. The number of hydrogen-bond acceptors (Lipinski definition) is 3. The summed E-state index contributed by atoms with van der Waals surface area (Å²) in [4.78, 5) is 27.4. The Morgan fingerprint density at radius 1 is 1.30 bits per heavy atom. The summed E-state index contributed by atoms with van der Waals surface area (Å²) < 4.78 is 6.96. The largest absolute Gasteiger partial charge is 0.496 e. The van der Waals surface area contributed by atoms with Crippen molar-refractivity contribution in [2.75, 3.05) is 14.2 Å². The van der Waals surface area contributed by atoms with Crippen molar-refractivity contribution >= 4 is 17.5 Å². The van der Waals surface area contributed by atoms with Gasteiger partial charge in [0.1, 0.15) is 11.3 Å². The molecule has 0 spiro atoms. The molecular formula is C21H27ClN2O3. The molecule has 0 atom stereocenters. The van der Waals surface area contributed by atoms with Crippen LogP contribution in [0.4, 0.5) is 0 Å². The summed E-state index contributed by atoms with van der Waals surface area (Å²) in [5.74, 6) is 0.826. The smallest absolute Gasteiger partial charge is 0.263 e. The lowest BCUT2D eigenvalue weighted by molar-refractivity contribution is 0.0781. The molecule has 1 aromatic heterocycles. The first-order chi connectivity index (χ1) is 12.7. The molecule has 2 aromatic rings. The van der Waals surface area contributed by atoms with Crippen LogP contribution in [-0.2, 0) is 13.1 Å². The Kier molecular flexibility index (Phi) is 7.08. The maximum absolute atomic E-state index is 13.0. The Labute approximate surface area is 165 Å². The summed E-state index contributed by atoms with van der Waals surface area (Å²) in [7, 11) is 3.25. The number of pyridine rings is 1. The lowest BCUT2D eigenvalue weighted by atomic mass is 10.1. The Hall–Kier alpha value is -2.27. The van der Waals surface area contributed by atoms with Gasteiger partial charge >= 0.3 is 0 Å². The normalized spacial score (nSPS) is 10.9. The van der Waals surface area contributed by atoms with Gasteiger partial charge in [-0.05, 0) is 49.1 Å². The highest BCUT2D eigenvalue weighted by Crippen LogP contribution is 2.24. The van der Waals surface area contributed by atoms with E-state index in [1.165, 1.54) is 4.90 Å². The van der Waals surface area contributed by atoms with E-state index in [1.807, 2.05) is 6.07 Å². The first-order valence-electron chi connectivity index (χ1n) is 9.02. The monoisotopic (exact) mass is 390 g/mol. The molecule has 0 fully saturated rings. The minimum Gasteiger partial charge on any atom is -0.496 e. The van der Waals surface area contributed by atoms with Crippen LogP contribution in [0.5, 0.6) is 5.75 Å². The number of benzene rings is 1. The van der Waals surface area contributed by atoms with Crippen LogP contribution in [0.25, 0.3) is 0 Å². The van der Waals surface area contributed by atoms with Gasteiger partial charge < -0.3 is 14.2 Å². The summed E-state index contributed by atoms with van der Waals surface area (Å²) >= 11 is 6.07. The molecule has 0 aliphatic heterocycles. The van der Waals surface area contributed by atoms with Crippen molar-refractivity contribution in [1.82, 2.24) is 9.47 Å². The predicted molar refractivity (Wildman–Crippen MR) is 109 cm³/mol. The van der Waals surface area contributed by atoms with Gasteiger partial charge in [-0.1, -0.05) is 25.4 Å². The van der Waals surface area contributed by atoms with E-state index in [2.05, 4.69) is 13.8 Å². The number of nitrogens with zero attached hydrogens (tertiary/aromatic N) is 2. The Morgan fingerprint density at radius 2 is 2.00 bits per heavy atom. The van der Waals surface area contributed by atoms with E-state index in [0.717, 1.165) is 12.0 Å². The SMILES string of the molecule is COc1ccc(Cl)cc1CN(C)C(=O)c1c(C)ccn(CCC(C)C)c1=O. The molecule has 5 nitrogen and oxygen atoms in total. The molecule has 27 heavy (non-hydrogen) atoms. The van der Waals surface area contributed by atoms with Crippen LogP contribution in [0.3, 0.4) is 0 Å². The number of hydrogen-bond donors (Lipinski definition) is 0. The average molecular weight is 391 g/mol. The van der Waals surface area contributed by atoms with Crippen LogP contribution >= 0.6 is 11.6 Å². The van der Waals surface area contributed by atoms with E-state index >= 15 is 0 Å². The number of amides is 1. The minimum atomic E-state index is -0.307. The van der Waals surface area contributed by atoms with Crippen molar-refractivity contribution < 1.29 is 9.53 Å². The van der Waals surface area contributed by atoms with E-state index in [4.69, 9.17) is 16.3 Å². The average Bonchev–Trinajstić information content (AvgIpc) is 2.61. The molecule has 0 saturated carbocycles. The molecule has 0 saturated heterocycles. The standard InChI is InChI=1S/C21H27ClN2O3/c1-14(2)8-10-24-11-9-15(3)19(21(24)26)20(25)23(4)13-16-12-17(22)6-7-18(16)27-5/h6-7,9,11-12,14H,8,10,13H2,1-5H3. The van der Waals surface area contributed by atoms with Gasteiger partial charge in [0.25, 0.3) is 11.5 Å². The molecule has 1 amide bonds. The summed E-state index contributed by atoms with van der Waals surface area (Å²) in [6.07, 6.45) is 2.64. The van der Waals surface area contributed by atoms with Crippen LogP contribution in [0.15, 0.2) is 35.3 Å². The Balaban J connectivity index is 2.30. The summed E-state index contributed by atoms with van der Waals surface area (Å²) in [6, 6.07) is 7.09. The van der Waals surface area contributed by atoms with E-state index in [-0.39, 0.29) is 17.0 Å². The summed E-state index contributed by atoms with van der Waals surface area (Å²) in [5.41, 5.74) is 1.43. The lowest BCUT2D eigenvalue weighted by Gasteiger charge is -2.20. The van der Waals surface area contributed by atoms with Gasteiger partial charge in [-0.3, -0.25) is 9.59 Å². The fourth-order valence-corrected chi connectivity index (χ4v) is 3.08. The topological polar surface area (TPSA) is 51.5 Å². The predicted octanol–water partition coefficient (Wildman–Crippen LogP) is 4.14. The van der Waals surface area contributed by atoms with Gasteiger partial charge in [0.2, 0.25) is 0 Å². The highest BCUT2D eigenvalue weighted by Gasteiger charge is 2.21. The van der Waals surface area contributed by atoms with Crippen LogP contribution in [-0.4, -0.2) is 29.5 Å². The zero-order chi connectivity index (χ0) is 20.1. The number of carbonyl (C=O) groups is 1. The zero-order valence-corrected chi connectivity index (χ0v) is 17.3. The van der Waals surface area contributed by atoms with Crippen molar-refractivity contribution in [2.45, 2.75) is 40.3 Å². The molecule has 0 aliphatic rings. The first kappa shape index (κ1) is 21.0. The second-order valence-electron chi connectivity index (χ2n) is 7.17. The fraction of sp³-hybridized carbons (Fsp3) is 0.429. The minimum absolute atomic E-state index is 0.213. The molecule has 1 heterocycles. The molecule has 0 radical (unpaired) electrons. The van der Waals surface area contributed by atoms with E-state index < -0.39 is 0 Å². The highest BCUT2D eigenvalue weighted by atomic mass is 35.5. The van der Waals surface area contributed by atoms with Crippen molar-refractivity contribution in [3.8, 4) is 5.75 Å². The maximum Gasteiger partial charge on any atom is 0.263 e. The van der Waals surface area contributed by atoms with Gasteiger partial charge in [0.15, 0.2) is 0 Å². The van der Waals surface area contributed by atoms with Crippen molar-refractivity contribution in [1.29, 1.82) is 0 Å². The molecule has 0 bridgehead atoms. The molecule has 0 N–H and O–H groups in total. The molecule has 146 valence electrons. The van der Waals surface area contributed by atoms with Gasteiger partial charge in [0, 0.05) is 36.9 Å². The second kappa shape index (κ2) is 9.09. The molecule has 0 aliphatic carbocycles. The number of rotatable bonds is 7. The molecule has 2 rings (SSSR count). The van der Waals surface area contributed by atoms with Gasteiger partial charge in [0.05, 0.1) is 7.11 Å².